The molecule has 0 spiro atoms. The molecule has 0 aliphatic carbocycles. The normalized spacial score (nSPS) is 11.4. The summed E-state index contributed by atoms with van der Waals surface area (Å²) in [7, 11) is 0. The molecule has 2 aromatic rings. The fraction of sp³-hybridized carbons (Fsp3) is 0.364. The molecule has 0 amide bonds. The first-order valence-electron chi connectivity index (χ1n) is 5.08. The average molecular weight is 254 g/mol. The van der Waals surface area contributed by atoms with Crippen LogP contribution in [0.1, 0.15) is 13.8 Å². The lowest BCUT2D eigenvalue weighted by molar-refractivity contribution is 0.479. The molecule has 0 atom stereocenters. The molecule has 1 aromatic heterocycles. The largest absolute Gasteiger partial charge is 0.506 e. The molecule has 0 fully saturated rings. The van der Waals surface area contributed by atoms with Crippen LogP contribution >= 0.6 is 23.1 Å². The van der Waals surface area contributed by atoms with Crippen LogP contribution in [0, 0.1) is 5.92 Å². The molecule has 3 nitrogen and oxygen atoms in total. The number of fused-ring (bicyclic) bond motifs is 1. The maximum atomic E-state index is 9.81. The van der Waals surface area contributed by atoms with Crippen molar-refractivity contribution in [3.05, 3.63) is 12.1 Å². The quantitative estimate of drug-likeness (QED) is 0.825. The molecule has 5 heteroatoms. The number of thiazole rings is 1. The van der Waals surface area contributed by atoms with Gasteiger partial charge in [-0.05, 0) is 18.1 Å². The lowest BCUT2D eigenvalue weighted by Gasteiger charge is -2.05. The van der Waals surface area contributed by atoms with E-state index in [1.54, 1.807) is 17.8 Å². The molecule has 2 rings (SSSR count). The number of hydrogen-bond acceptors (Lipinski definition) is 5. The van der Waals surface area contributed by atoms with Crippen molar-refractivity contribution in [2.24, 2.45) is 5.92 Å². The Morgan fingerprint density at radius 3 is 2.94 bits per heavy atom. The molecule has 0 saturated heterocycles. The molecule has 16 heavy (non-hydrogen) atoms. The lowest BCUT2D eigenvalue weighted by Crippen LogP contribution is -1.89. The van der Waals surface area contributed by atoms with Crippen molar-refractivity contribution in [3.63, 3.8) is 0 Å². The van der Waals surface area contributed by atoms with E-state index in [9.17, 15) is 5.11 Å². The summed E-state index contributed by atoms with van der Waals surface area (Å²) in [4.78, 5) is 5.16. The molecule has 0 aliphatic rings. The van der Waals surface area contributed by atoms with Crippen LogP contribution in [0.5, 0.6) is 5.75 Å². The van der Waals surface area contributed by atoms with Crippen molar-refractivity contribution in [2.75, 3.05) is 11.5 Å². The minimum absolute atomic E-state index is 0.219. The van der Waals surface area contributed by atoms with Crippen LogP contribution in [0.2, 0.25) is 0 Å². The van der Waals surface area contributed by atoms with E-state index in [4.69, 9.17) is 5.73 Å². The topological polar surface area (TPSA) is 59.1 Å². The number of rotatable bonds is 3. The van der Waals surface area contributed by atoms with Crippen molar-refractivity contribution < 1.29 is 5.11 Å². The van der Waals surface area contributed by atoms with E-state index in [2.05, 4.69) is 18.8 Å². The molecule has 0 radical (unpaired) electrons. The van der Waals surface area contributed by atoms with E-state index < -0.39 is 0 Å². The second kappa shape index (κ2) is 4.51. The third-order valence-corrected chi connectivity index (χ3v) is 4.28. The number of aromatic hydroxyl groups is 1. The van der Waals surface area contributed by atoms with Crippen molar-refractivity contribution in [2.45, 2.75) is 18.7 Å². The predicted molar refractivity (Wildman–Crippen MR) is 71.3 cm³/mol. The fourth-order valence-corrected chi connectivity index (χ4v) is 3.14. The summed E-state index contributed by atoms with van der Waals surface area (Å²) in [6.07, 6.45) is 0. The van der Waals surface area contributed by atoms with E-state index in [1.807, 2.05) is 6.07 Å². The van der Waals surface area contributed by atoms with Gasteiger partial charge in [0.2, 0.25) is 0 Å². The van der Waals surface area contributed by atoms with Gasteiger partial charge >= 0.3 is 0 Å². The molecule has 3 N–H and O–H groups in total. The minimum atomic E-state index is 0.219. The number of nitrogens with zero attached hydrogens (tertiary/aromatic N) is 1. The van der Waals surface area contributed by atoms with Gasteiger partial charge in [0.1, 0.15) is 11.3 Å². The van der Waals surface area contributed by atoms with Gasteiger partial charge in [-0.25, -0.2) is 4.98 Å². The van der Waals surface area contributed by atoms with Crippen LogP contribution in [-0.4, -0.2) is 15.8 Å². The molecule has 0 aliphatic heterocycles. The van der Waals surface area contributed by atoms with Crippen LogP contribution in [0.4, 0.5) is 5.13 Å². The number of phenols is 1. The third kappa shape index (κ3) is 2.41. The van der Waals surface area contributed by atoms with E-state index in [0.29, 0.717) is 16.6 Å². The number of anilines is 1. The van der Waals surface area contributed by atoms with Crippen molar-refractivity contribution in [1.29, 1.82) is 0 Å². The number of benzene rings is 1. The van der Waals surface area contributed by atoms with Gasteiger partial charge in [-0.15, -0.1) is 11.8 Å². The number of hydrogen-bond donors (Lipinski definition) is 2. The Hall–Kier alpha value is -0.940. The van der Waals surface area contributed by atoms with Gasteiger partial charge in [0.15, 0.2) is 5.13 Å². The van der Waals surface area contributed by atoms with Gasteiger partial charge in [-0.3, -0.25) is 0 Å². The smallest absolute Gasteiger partial charge is 0.181 e. The summed E-state index contributed by atoms with van der Waals surface area (Å²) in [5, 5.41) is 10.3. The van der Waals surface area contributed by atoms with Gasteiger partial charge in [-0.1, -0.05) is 25.2 Å². The zero-order valence-corrected chi connectivity index (χ0v) is 10.9. The molecule has 0 bridgehead atoms. The van der Waals surface area contributed by atoms with Gasteiger partial charge < -0.3 is 10.8 Å². The Balaban J connectivity index is 2.33. The monoisotopic (exact) mass is 254 g/mol. The first-order valence-corrected chi connectivity index (χ1v) is 6.88. The Morgan fingerprint density at radius 2 is 2.25 bits per heavy atom. The SMILES string of the molecule is CC(C)CSc1cc(O)c2nc(N)sc2c1. The summed E-state index contributed by atoms with van der Waals surface area (Å²) in [5.41, 5.74) is 6.23. The molecular weight excluding hydrogens is 240 g/mol. The molecule has 0 saturated carbocycles. The summed E-state index contributed by atoms with van der Waals surface area (Å²) in [6, 6.07) is 3.80. The summed E-state index contributed by atoms with van der Waals surface area (Å²) in [5.74, 6) is 1.89. The number of thioether (sulfide) groups is 1. The van der Waals surface area contributed by atoms with Gasteiger partial charge in [0, 0.05) is 10.6 Å². The van der Waals surface area contributed by atoms with Gasteiger partial charge in [0.05, 0.1) is 4.70 Å². The van der Waals surface area contributed by atoms with Crippen LogP contribution in [0.25, 0.3) is 10.2 Å². The Bertz CT molecular complexity index is 508. The summed E-state index contributed by atoms with van der Waals surface area (Å²) < 4.78 is 0.948. The van der Waals surface area contributed by atoms with Crippen LogP contribution in [0.3, 0.4) is 0 Å². The molecule has 86 valence electrons. The summed E-state index contributed by atoms with van der Waals surface area (Å²) >= 11 is 3.15. The van der Waals surface area contributed by atoms with Crippen LogP contribution < -0.4 is 5.73 Å². The first kappa shape index (κ1) is 11.5. The van der Waals surface area contributed by atoms with Gasteiger partial charge in [0.25, 0.3) is 0 Å². The highest BCUT2D eigenvalue weighted by atomic mass is 32.2. The zero-order valence-electron chi connectivity index (χ0n) is 9.23. The highest BCUT2D eigenvalue weighted by Crippen LogP contribution is 2.35. The Kier molecular flexibility index (Phi) is 3.25. The van der Waals surface area contributed by atoms with E-state index >= 15 is 0 Å². The first-order chi connectivity index (χ1) is 7.56. The van der Waals surface area contributed by atoms with E-state index in [0.717, 1.165) is 15.3 Å². The average Bonchev–Trinajstić information content (AvgIpc) is 2.56. The van der Waals surface area contributed by atoms with Crippen molar-refractivity contribution in [1.82, 2.24) is 4.98 Å². The molecule has 1 aromatic carbocycles. The standard InChI is InChI=1S/C11H14N2OS2/c1-6(2)5-15-7-3-8(14)10-9(4-7)16-11(12)13-10/h3-4,6,14H,5H2,1-2H3,(H2,12,13). The highest BCUT2D eigenvalue weighted by molar-refractivity contribution is 7.99. The fourth-order valence-electron chi connectivity index (χ4n) is 1.35. The summed E-state index contributed by atoms with van der Waals surface area (Å²) in [6.45, 7) is 4.35. The Labute approximate surface area is 103 Å². The van der Waals surface area contributed by atoms with Crippen molar-refractivity contribution in [3.8, 4) is 5.75 Å². The minimum Gasteiger partial charge on any atom is -0.506 e. The zero-order chi connectivity index (χ0) is 11.7. The van der Waals surface area contributed by atoms with Crippen molar-refractivity contribution >= 4 is 38.4 Å². The second-order valence-electron chi connectivity index (χ2n) is 4.05. The molecular formula is C11H14N2OS2. The van der Waals surface area contributed by atoms with Crippen LogP contribution in [0.15, 0.2) is 17.0 Å². The van der Waals surface area contributed by atoms with E-state index in [-0.39, 0.29) is 5.75 Å². The maximum Gasteiger partial charge on any atom is 0.181 e. The number of phenolic OH excluding ortho intramolecular Hbond substituents is 1. The lowest BCUT2D eigenvalue weighted by atomic mass is 10.3. The van der Waals surface area contributed by atoms with E-state index in [1.165, 1.54) is 11.3 Å². The van der Waals surface area contributed by atoms with Gasteiger partial charge in [-0.2, -0.15) is 0 Å². The number of aromatic nitrogens is 1. The molecule has 0 unspecified atom stereocenters. The maximum absolute atomic E-state index is 9.81. The highest BCUT2D eigenvalue weighted by Gasteiger charge is 2.08. The number of nitrogens with two attached hydrogens (primary N) is 1. The third-order valence-electron chi connectivity index (χ3n) is 2.05. The number of nitrogen functional groups attached to an aromatic ring is 1. The Morgan fingerprint density at radius 1 is 1.50 bits per heavy atom. The predicted octanol–water partition coefficient (Wildman–Crippen LogP) is 3.33. The second-order valence-corrected chi connectivity index (χ2v) is 6.20. The van der Waals surface area contributed by atoms with Crippen LogP contribution in [-0.2, 0) is 0 Å². The molecule has 1 heterocycles.